The van der Waals surface area contributed by atoms with E-state index in [0.29, 0.717) is 16.7 Å². The van der Waals surface area contributed by atoms with Crippen LogP contribution >= 0.6 is 15.9 Å². The molecular weight excluding hydrogens is 454 g/mol. The molecule has 0 unspecified atom stereocenters. The Kier molecular flexibility index (Phi) is 6.00. The van der Waals surface area contributed by atoms with Crippen LogP contribution in [0.2, 0.25) is 0 Å². The zero-order valence-electron chi connectivity index (χ0n) is 15.8. The smallest absolute Gasteiger partial charge is 0.262 e. The summed E-state index contributed by atoms with van der Waals surface area (Å²) in [6.07, 6.45) is 0. The number of carbonyl (C=O) groups is 2. The molecule has 0 spiro atoms. The van der Waals surface area contributed by atoms with E-state index >= 15 is 0 Å². The first-order valence-electron chi connectivity index (χ1n) is 8.72. The molecule has 0 radical (unpaired) electrons. The molecule has 148 valence electrons. The molecule has 0 bridgehead atoms. The van der Waals surface area contributed by atoms with Crippen molar-refractivity contribution in [3.05, 3.63) is 93.5 Å². The summed E-state index contributed by atoms with van der Waals surface area (Å²) in [5.74, 6) is -0.433. The van der Waals surface area contributed by atoms with Crippen molar-refractivity contribution < 1.29 is 18.0 Å². The van der Waals surface area contributed by atoms with E-state index in [1.165, 1.54) is 19.1 Å². The van der Waals surface area contributed by atoms with Crippen LogP contribution in [0.3, 0.4) is 0 Å². The number of hydrogen-bond acceptors (Lipinski definition) is 4. The van der Waals surface area contributed by atoms with Gasteiger partial charge in [-0.05, 0) is 61.9 Å². The lowest BCUT2D eigenvalue weighted by molar-refractivity contribution is 0.101. The van der Waals surface area contributed by atoms with E-state index in [-0.39, 0.29) is 27.7 Å². The fraction of sp³-hybridized carbons (Fsp3) is 0.0909. The Morgan fingerprint density at radius 3 is 2.17 bits per heavy atom. The van der Waals surface area contributed by atoms with Crippen molar-refractivity contribution in [3.63, 3.8) is 0 Å². The third-order valence-electron chi connectivity index (χ3n) is 4.37. The lowest BCUT2D eigenvalue weighted by Gasteiger charge is -2.12. The maximum Gasteiger partial charge on any atom is 0.262 e. The number of sulfonamides is 1. The zero-order chi connectivity index (χ0) is 21.2. The number of anilines is 1. The first-order chi connectivity index (χ1) is 13.7. The lowest BCUT2D eigenvalue weighted by atomic mass is 10.0. The maximum absolute atomic E-state index is 12.9. The number of nitrogens with one attached hydrogen (secondary N) is 1. The third kappa shape index (κ3) is 4.81. The van der Waals surface area contributed by atoms with E-state index in [4.69, 9.17) is 0 Å². The predicted octanol–water partition coefficient (Wildman–Crippen LogP) is 4.99. The Morgan fingerprint density at radius 2 is 1.52 bits per heavy atom. The van der Waals surface area contributed by atoms with Gasteiger partial charge in [0.05, 0.1) is 4.90 Å². The van der Waals surface area contributed by atoms with Gasteiger partial charge in [-0.2, -0.15) is 0 Å². The van der Waals surface area contributed by atoms with Crippen LogP contribution in [0.15, 0.2) is 76.1 Å². The molecule has 29 heavy (non-hydrogen) atoms. The summed E-state index contributed by atoms with van der Waals surface area (Å²) in [5, 5.41) is 0. The minimum Gasteiger partial charge on any atom is -0.295 e. The monoisotopic (exact) mass is 471 g/mol. The second-order valence-electron chi connectivity index (χ2n) is 6.56. The summed E-state index contributed by atoms with van der Waals surface area (Å²) in [5.41, 5.74) is 1.92. The summed E-state index contributed by atoms with van der Waals surface area (Å²) in [6.45, 7) is 3.07. The van der Waals surface area contributed by atoms with Gasteiger partial charge in [0.15, 0.2) is 11.6 Å². The van der Waals surface area contributed by atoms with E-state index < -0.39 is 10.0 Å². The average molecular weight is 472 g/mol. The first kappa shape index (κ1) is 21.0. The summed E-state index contributed by atoms with van der Waals surface area (Å²) in [6, 6.07) is 17.7. The number of hydrogen-bond donors (Lipinski definition) is 1. The number of halogens is 1. The number of Topliss-reactive ketones (excluding diaryl/α,β-unsaturated/α-hetero) is 1. The fourth-order valence-corrected chi connectivity index (χ4v) is 4.40. The molecule has 3 rings (SSSR count). The van der Waals surface area contributed by atoms with Gasteiger partial charge in [-0.15, -0.1) is 0 Å². The van der Waals surface area contributed by atoms with Gasteiger partial charge in [0.2, 0.25) is 0 Å². The fourth-order valence-electron chi connectivity index (χ4n) is 2.81. The first-order valence-corrected chi connectivity index (χ1v) is 11.0. The Labute approximate surface area is 178 Å². The van der Waals surface area contributed by atoms with Crippen LogP contribution in [0.5, 0.6) is 0 Å². The van der Waals surface area contributed by atoms with Crippen molar-refractivity contribution >= 4 is 43.2 Å². The minimum absolute atomic E-state index is 0.00805. The second kappa shape index (κ2) is 8.31. The number of aryl methyl sites for hydroxylation is 1. The zero-order valence-corrected chi connectivity index (χ0v) is 18.2. The van der Waals surface area contributed by atoms with Gasteiger partial charge in [0, 0.05) is 26.9 Å². The Hall–Kier alpha value is -2.77. The quantitative estimate of drug-likeness (QED) is 0.513. The Balaban J connectivity index is 1.96. The average Bonchev–Trinajstić information content (AvgIpc) is 2.68. The van der Waals surface area contributed by atoms with E-state index in [9.17, 15) is 18.0 Å². The molecule has 0 amide bonds. The van der Waals surface area contributed by atoms with Crippen LogP contribution in [0.25, 0.3) is 0 Å². The van der Waals surface area contributed by atoms with Gasteiger partial charge in [-0.3, -0.25) is 14.3 Å². The number of carbonyl (C=O) groups excluding carboxylic acids is 2. The van der Waals surface area contributed by atoms with E-state index in [2.05, 4.69) is 20.7 Å². The molecule has 0 aliphatic rings. The maximum atomic E-state index is 12.9. The number of rotatable bonds is 6. The van der Waals surface area contributed by atoms with Gasteiger partial charge in [0.1, 0.15) is 0 Å². The van der Waals surface area contributed by atoms with Crippen LogP contribution in [-0.2, 0) is 10.0 Å². The van der Waals surface area contributed by atoms with Gasteiger partial charge in [-0.25, -0.2) is 8.42 Å². The van der Waals surface area contributed by atoms with Crippen molar-refractivity contribution in [2.45, 2.75) is 18.7 Å². The van der Waals surface area contributed by atoms with E-state index in [1.54, 1.807) is 61.5 Å². The van der Waals surface area contributed by atoms with E-state index in [0.717, 1.165) is 4.47 Å². The van der Waals surface area contributed by atoms with Gasteiger partial charge < -0.3 is 0 Å². The standard InChI is InChI=1S/C22H18BrNO4S/c1-14-6-7-18(22(26)16-8-10-19(23)11-9-16)13-21(14)29(27,28)24-20-5-3-4-17(12-20)15(2)25/h3-13,24H,1-2H3. The molecule has 5 nitrogen and oxygen atoms in total. The highest BCUT2D eigenvalue weighted by Crippen LogP contribution is 2.23. The van der Waals surface area contributed by atoms with Crippen LogP contribution in [0.4, 0.5) is 5.69 Å². The summed E-state index contributed by atoms with van der Waals surface area (Å²) in [4.78, 5) is 24.3. The molecule has 0 saturated carbocycles. The number of benzene rings is 3. The van der Waals surface area contributed by atoms with Crippen molar-refractivity contribution in [1.29, 1.82) is 0 Å². The second-order valence-corrected chi connectivity index (χ2v) is 9.13. The predicted molar refractivity (Wildman–Crippen MR) is 116 cm³/mol. The summed E-state index contributed by atoms with van der Waals surface area (Å²) >= 11 is 3.32. The Morgan fingerprint density at radius 1 is 0.862 bits per heavy atom. The molecule has 0 aliphatic heterocycles. The molecule has 3 aromatic carbocycles. The SMILES string of the molecule is CC(=O)c1cccc(NS(=O)(=O)c2cc(C(=O)c3ccc(Br)cc3)ccc2C)c1. The van der Waals surface area contributed by atoms with Crippen LogP contribution < -0.4 is 4.72 Å². The topological polar surface area (TPSA) is 80.3 Å². The highest BCUT2D eigenvalue weighted by Gasteiger charge is 2.20. The largest absolute Gasteiger partial charge is 0.295 e. The molecule has 7 heteroatoms. The van der Waals surface area contributed by atoms with Crippen LogP contribution in [0, 0.1) is 6.92 Å². The van der Waals surface area contributed by atoms with Crippen molar-refractivity contribution in [2.75, 3.05) is 4.72 Å². The third-order valence-corrected chi connectivity index (χ3v) is 6.42. The molecule has 3 aromatic rings. The van der Waals surface area contributed by atoms with Crippen LogP contribution in [0.1, 0.15) is 38.8 Å². The highest BCUT2D eigenvalue weighted by molar-refractivity contribution is 9.10. The van der Waals surface area contributed by atoms with Gasteiger partial charge in [-0.1, -0.05) is 40.2 Å². The van der Waals surface area contributed by atoms with Crippen molar-refractivity contribution in [1.82, 2.24) is 0 Å². The molecule has 1 N–H and O–H groups in total. The Bertz CT molecular complexity index is 1200. The summed E-state index contributed by atoms with van der Waals surface area (Å²) in [7, 11) is -3.95. The number of ketones is 2. The van der Waals surface area contributed by atoms with Crippen molar-refractivity contribution in [3.8, 4) is 0 Å². The molecule has 0 atom stereocenters. The molecule has 0 fully saturated rings. The van der Waals surface area contributed by atoms with Crippen molar-refractivity contribution in [2.24, 2.45) is 0 Å². The molecule has 0 heterocycles. The normalized spacial score (nSPS) is 11.1. The van der Waals surface area contributed by atoms with Gasteiger partial charge in [0.25, 0.3) is 10.0 Å². The van der Waals surface area contributed by atoms with Crippen LogP contribution in [-0.4, -0.2) is 20.0 Å². The molecule has 0 aromatic heterocycles. The summed E-state index contributed by atoms with van der Waals surface area (Å²) < 4.78 is 29.2. The van der Waals surface area contributed by atoms with E-state index in [1.807, 2.05) is 0 Å². The molecule has 0 aliphatic carbocycles. The molecular formula is C22H18BrNO4S. The lowest BCUT2D eigenvalue weighted by Crippen LogP contribution is -2.15. The highest BCUT2D eigenvalue weighted by atomic mass is 79.9. The minimum atomic E-state index is -3.95. The van der Waals surface area contributed by atoms with Gasteiger partial charge >= 0.3 is 0 Å². The molecule has 0 saturated heterocycles.